The van der Waals surface area contributed by atoms with Crippen LogP contribution in [0.4, 0.5) is 0 Å². The summed E-state index contributed by atoms with van der Waals surface area (Å²) < 4.78 is 0. The highest BCUT2D eigenvalue weighted by molar-refractivity contribution is 4.87. The fourth-order valence-electron chi connectivity index (χ4n) is 3.93. The smallest absolute Gasteiger partial charge is 0.00980 e. The van der Waals surface area contributed by atoms with Crippen molar-refractivity contribution in [2.75, 3.05) is 6.54 Å². The van der Waals surface area contributed by atoms with E-state index in [4.69, 9.17) is 0 Å². The van der Waals surface area contributed by atoms with E-state index in [0.717, 1.165) is 23.8 Å². The molecule has 100 valence electrons. The SMILES string of the molecule is CC(C)CNC1CCCCC1C1CCCCC1. The molecule has 17 heavy (non-hydrogen) atoms. The van der Waals surface area contributed by atoms with Crippen molar-refractivity contribution in [3.63, 3.8) is 0 Å². The van der Waals surface area contributed by atoms with E-state index in [1.54, 1.807) is 0 Å². The van der Waals surface area contributed by atoms with Gasteiger partial charge in [0, 0.05) is 6.04 Å². The molecule has 0 aromatic rings. The topological polar surface area (TPSA) is 12.0 Å². The van der Waals surface area contributed by atoms with Crippen LogP contribution in [-0.2, 0) is 0 Å². The molecule has 1 nitrogen and oxygen atoms in total. The molecule has 2 rings (SSSR count). The van der Waals surface area contributed by atoms with Gasteiger partial charge in [-0.15, -0.1) is 0 Å². The molecule has 2 fully saturated rings. The molecule has 0 aromatic heterocycles. The van der Waals surface area contributed by atoms with E-state index in [1.807, 2.05) is 0 Å². The van der Waals surface area contributed by atoms with Crippen molar-refractivity contribution in [3.8, 4) is 0 Å². The third-order valence-corrected chi connectivity index (χ3v) is 4.86. The Bertz CT molecular complexity index is 206. The average Bonchev–Trinajstić information content (AvgIpc) is 2.38. The summed E-state index contributed by atoms with van der Waals surface area (Å²) in [5, 5.41) is 3.87. The normalized spacial score (nSPS) is 31.9. The zero-order chi connectivity index (χ0) is 12.1. The molecule has 0 aliphatic heterocycles. The standard InChI is InChI=1S/C16H31N/c1-13(2)12-17-16-11-7-6-10-15(16)14-8-4-3-5-9-14/h13-17H,3-12H2,1-2H3. The second-order valence-electron chi connectivity index (χ2n) is 6.75. The van der Waals surface area contributed by atoms with Crippen LogP contribution in [0.5, 0.6) is 0 Å². The first-order valence-corrected chi connectivity index (χ1v) is 8.00. The Kier molecular flexibility index (Phi) is 5.34. The summed E-state index contributed by atoms with van der Waals surface area (Å²) in [6.07, 6.45) is 13.4. The predicted octanol–water partition coefficient (Wildman–Crippen LogP) is 4.37. The van der Waals surface area contributed by atoms with Crippen molar-refractivity contribution in [1.82, 2.24) is 5.32 Å². The second-order valence-corrected chi connectivity index (χ2v) is 6.75. The van der Waals surface area contributed by atoms with Gasteiger partial charge in [-0.2, -0.15) is 0 Å². The Balaban J connectivity index is 1.86. The molecule has 2 atom stereocenters. The Labute approximate surface area is 108 Å². The highest BCUT2D eigenvalue weighted by atomic mass is 14.9. The first-order chi connectivity index (χ1) is 8.27. The molecule has 0 aromatic carbocycles. The highest BCUT2D eigenvalue weighted by Crippen LogP contribution is 2.38. The summed E-state index contributed by atoms with van der Waals surface area (Å²) in [7, 11) is 0. The van der Waals surface area contributed by atoms with Crippen LogP contribution in [0.15, 0.2) is 0 Å². The first-order valence-electron chi connectivity index (χ1n) is 8.00. The van der Waals surface area contributed by atoms with Gasteiger partial charge in [-0.3, -0.25) is 0 Å². The molecule has 2 unspecified atom stereocenters. The average molecular weight is 237 g/mol. The van der Waals surface area contributed by atoms with Gasteiger partial charge in [0.1, 0.15) is 0 Å². The molecule has 2 aliphatic carbocycles. The molecule has 0 radical (unpaired) electrons. The zero-order valence-electron chi connectivity index (χ0n) is 11.9. The van der Waals surface area contributed by atoms with Crippen molar-refractivity contribution in [1.29, 1.82) is 0 Å². The summed E-state index contributed by atoms with van der Waals surface area (Å²) in [5.41, 5.74) is 0. The third kappa shape index (κ3) is 3.98. The van der Waals surface area contributed by atoms with E-state index in [2.05, 4.69) is 19.2 Å². The minimum Gasteiger partial charge on any atom is -0.313 e. The summed E-state index contributed by atoms with van der Waals surface area (Å²) in [5.74, 6) is 2.85. The minimum atomic E-state index is 0.795. The number of rotatable bonds is 4. The van der Waals surface area contributed by atoms with Gasteiger partial charge in [0.15, 0.2) is 0 Å². The third-order valence-electron chi connectivity index (χ3n) is 4.86. The molecule has 2 aliphatic rings. The predicted molar refractivity (Wildman–Crippen MR) is 75.2 cm³/mol. The van der Waals surface area contributed by atoms with Crippen LogP contribution in [0, 0.1) is 17.8 Å². The molecule has 1 heteroatoms. The molecule has 1 N–H and O–H groups in total. The highest BCUT2D eigenvalue weighted by Gasteiger charge is 2.32. The van der Waals surface area contributed by atoms with Crippen LogP contribution in [0.3, 0.4) is 0 Å². The van der Waals surface area contributed by atoms with Gasteiger partial charge in [-0.05, 0) is 37.1 Å². The monoisotopic (exact) mass is 237 g/mol. The maximum absolute atomic E-state index is 3.87. The first kappa shape index (κ1) is 13.4. The maximum atomic E-state index is 3.87. The number of hydrogen-bond acceptors (Lipinski definition) is 1. The quantitative estimate of drug-likeness (QED) is 0.765. The lowest BCUT2D eigenvalue weighted by Gasteiger charge is -2.39. The summed E-state index contributed by atoms with van der Waals surface area (Å²) in [4.78, 5) is 0. The van der Waals surface area contributed by atoms with Crippen LogP contribution in [0.1, 0.15) is 71.6 Å². The van der Waals surface area contributed by atoms with Crippen LogP contribution in [-0.4, -0.2) is 12.6 Å². The van der Waals surface area contributed by atoms with E-state index in [9.17, 15) is 0 Å². The van der Waals surface area contributed by atoms with Crippen LogP contribution in [0.2, 0.25) is 0 Å². The second kappa shape index (κ2) is 6.78. The van der Waals surface area contributed by atoms with E-state index in [-0.39, 0.29) is 0 Å². The summed E-state index contributed by atoms with van der Waals surface area (Å²) in [6, 6.07) is 0.842. The molecule has 0 saturated heterocycles. The lowest BCUT2D eigenvalue weighted by molar-refractivity contribution is 0.148. The van der Waals surface area contributed by atoms with Crippen molar-refractivity contribution < 1.29 is 0 Å². The van der Waals surface area contributed by atoms with Crippen molar-refractivity contribution in [3.05, 3.63) is 0 Å². The lowest BCUT2D eigenvalue weighted by Crippen LogP contribution is -2.43. The molecule has 2 saturated carbocycles. The van der Waals surface area contributed by atoms with Gasteiger partial charge in [-0.25, -0.2) is 0 Å². The molecule has 0 spiro atoms. The van der Waals surface area contributed by atoms with Crippen molar-refractivity contribution >= 4 is 0 Å². The fraction of sp³-hybridized carbons (Fsp3) is 1.00. The van der Waals surface area contributed by atoms with Crippen LogP contribution in [0.25, 0.3) is 0 Å². The molecular weight excluding hydrogens is 206 g/mol. The van der Waals surface area contributed by atoms with E-state index < -0.39 is 0 Å². The Morgan fingerprint density at radius 1 is 0.882 bits per heavy atom. The van der Waals surface area contributed by atoms with Crippen LogP contribution < -0.4 is 5.32 Å². The maximum Gasteiger partial charge on any atom is 0.00980 e. The zero-order valence-corrected chi connectivity index (χ0v) is 11.9. The van der Waals surface area contributed by atoms with Crippen molar-refractivity contribution in [2.24, 2.45) is 17.8 Å². The van der Waals surface area contributed by atoms with E-state index >= 15 is 0 Å². The number of hydrogen-bond donors (Lipinski definition) is 1. The fourth-order valence-corrected chi connectivity index (χ4v) is 3.93. The van der Waals surface area contributed by atoms with E-state index in [0.29, 0.717) is 0 Å². The van der Waals surface area contributed by atoms with Gasteiger partial charge >= 0.3 is 0 Å². The Morgan fingerprint density at radius 3 is 2.24 bits per heavy atom. The van der Waals surface area contributed by atoms with Gasteiger partial charge in [0.05, 0.1) is 0 Å². The van der Waals surface area contributed by atoms with Gasteiger partial charge in [0.2, 0.25) is 0 Å². The molecule has 0 amide bonds. The minimum absolute atomic E-state index is 0.795. The molecule has 0 bridgehead atoms. The van der Waals surface area contributed by atoms with Gasteiger partial charge in [0.25, 0.3) is 0 Å². The summed E-state index contributed by atoms with van der Waals surface area (Å²) in [6.45, 7) is 5.87. The van der Waals surface area contributed by atoms with Gasteiger partial charge < -0.3 is 5.32 Å². The lowest BCUT2D eigenvalue weighted by atomic mass is 9.71. The Hall–Kier alpha value is -0.0400. The molecular formula is C16H31N. The largest absolute Gasteiger partial charge is 0.313 e. The molecule has 0 heterocycles. The van der Waals surface area contributed by atoms with Crippen molar-refractivity contribution in [2.45, 2.75) is 77.7 Å². The van der Waals surface area contributed by atoms with Crippen LogP contribution >= 0.6 is 0 Å². The number of nitrogens with one attached hydrogen (secondary N) is 1. The van der Waals surface area contributed by atoms with Gasteiger partial charge in [-0.1, -0.05) is 58.8 Å². The summed E-state index contributed by atoms with van der Waals surface area (Å²) >= 11 is 0. The van der Waals surface area contributed by atoms with E-state index in [1.165, 1.54) is 64.3 Å². The Morgan fingerprint density at radius 2 is 1.53 bits per heavy atom.